The molecular formula is C18H22N2O. The number of carbonyl (C=O) groups excluding carboxylic acids is 1. The van der Waals surface area contributed by atoms with Crippen LogP contribution >= 0.6 is 0 Å². The lowest BCUT2D eigenvalue weighted by atomic mass is 9.97. The van der Waals surface area contributed by atoms with Crippen LogP contribution in [0.5, 0.6) is 0 Å². The highest BCUT2D eigenvalue weighted by Crippen LogP contribution is 2.22. The van der Waals surface area contributed by atoms with Crippen molar-refractivity contribution in [3.05, 3.63) is 71.3 Å². The van der Waals surface area contributed by atoms with Crippen molar-refractivity contribution in [2.24, 2.45) is 0 Å². The number of carbonyl (C=O) groups is 1. The molecule has 0 fully saturated rings. The molecule has 0 aromatic heterocycles. The van der Waals surface area contributed by atoms with E-state index in [0.29, 0.717) is 6.54 Å². The molecule has 0 heterocycles. The second-order valence-electron chi connectivity index (χ2n) is 5.16. The lowest BCUT2D eigenvalue weighted by Crippen LogP contribution is -2.38. The highest BCUT2D eigenvalue weighted by Gasteiger charge is 2.16. The van der Waals surface area contributed by atoms with Crippen LogP contribution in [0.15, 0.2) is 54.6 Å². The number of benzene rings is 2. The molecule has 0 aliphatic heterocycles. The zero-order valence-corrected chi connectivity index (χ0v) is 12.6. The molecule has 2 aromatic carbocycles. The average Bonchev–Trinajstić information content (AvgIpc) is 2.51. The first-order chi connectivity index (χ1) is 10.2. The van der Waals surface area contributed by atoms with Crippen LogP contribution in [0.3, 0.4) is 0 Å². The van der Waals surface area contributed by atoms with Crippen molar-refractivity contribution < 1.29 is 4.79 Å². The first kappa shape index (κ1) is 15.1. The minimum Gasteiger partial charge on any atom is -0.338 e. The molecule has 1 atom stereocenters. The monoisotopic (exact) mass is 282 g/mol. The van der Waals surface area contributed by atoms with Gasteiger partial charge >= 0.3 is 6.03 Å². The Bertz CT molecular complexity index is 581. The zero-order valence-electron chi connectivity index (χ0n) is 12.6. The summed E-state index contributed by atoms with van der Waals surface area (Å²) in [4.78, 5) is 12.0. The van der Waals surface area contributed by atoms with Crippen molar-refractivity contribution in [3.63, 3.8) is 0 Å². The number of rotatable bonds is 5. The normalized spacial score (nSPS) is 11.7. The Labute approximate surface area is 126 Å². The SMILES string of the molecule is CCCNC(=O)N[C@H](c1ccccc1)c1cccc(C)c1. The van der Waals surface area contributed by atoms with Crippen LogP contribution in [0, 0.1) is 6.92 Å². The number of urea groups is 1. The summed E-state index contributed by atoms with van der Waals surface area (Å²) in [6.07, 6.45) is 0.924. The van der Waals surface area contributed by atoms with E-state index in [0.717, 1.165) is 17.5 Å². The standard InChI is InChI=1S/C18H22N2O/c1-3-12-19-18(21)20-17(15-9-5-4-6-10-15)16-11-7-8-14(2)13-16/h4-11,13,17H,3,12H2,1-2H3,(H2,19,20,21)/t17-/m1/s1. The Kier molecular flexibility index (Phi) is 5.38. The van der Waals surface area contributed by atoms with Gasteiger partial charge in [0.05, 0.1) is 6.04 Å². The van der Waals surface area contributed by atoms with Crippen LogP contribution < -0.4 is 10.6 Å². The van der Waals surface area contributed by atoms with E-state index in [9.17, 15) is 4.79 Å². The molecule has 2 amide bonds. The van der Waals surface area contributed by atoms with Gasteiger partial charge in [-0.2, -0.15) is 0 Å². The minimum atomic E-state index is -0.136. The summed E-state index contributed by atoms with van der Waals surface area (Å²) >= 11 is 0. The number of aryl methyl sites for hydroxylation is 1. The molecule has 21 heavy (non-hydrogen) atoms. The summed E-state index contributed by atoms with van der Waals surface area (Å²) in [5, 5.41) is 5.93. The minimum absolute atomic E-state index is 0.132. The van der Waals surface area contributed by atoms with Gasteiger partial charge in [0.2, 0.25) is 0 Å². The van der Waals surface area contributed by atoms with E-state index >= 15 is 0 Å². The van der Waals surface area contributed by atoms with Crippen LogP contribution in [0.4, 0.5) is 4.79 Å². The summed E-state index contributed by atoms with van der Waals surface area (Å²) in [7, 11) is 0. The van der Waals surface area contributed by atoms with E-state index in [1.807, 2.05) is 49.4 Å². The molecule has 0 unspecified atom stereocenters. The Morgan fingerprint density at radius 1 is 1.05 bits per heavy atom. The molecule has 0 spiro atoms. The largest absolute Gasteiger partial charge is 0.338 e. The van der Waals surface area contributed by atoms with E-state index in [2.05, 4.69) is 29.7 Å². The number of hydrogen-bond donors (Lipinski definition) is 2. The molecule has 110 valence electrons. The average molecular weight is 282 g/mol. The predicted octanol–water partition coefficient (Wildman–Crippen LogP) is 3.79. The quantitative estimate of drug-likeness (QED) is 0.860. The van der Waals surface area contributed by atoms with Gasteiger partial charge in [-0.3, -0.25) is 0 Å². The van der Waals surface area contributed by atoms with E-state index < -0.39 is 0 Å². The topological polar surface area (TPSA) is 41.1 Å². The van der Waals surface area contributed by atoms with Gasteiger partial charge in [0.25, 0.3) is 0 Å². The molecular weight excluding hydrogens is 260 g/mol. The summed E-state index contributed by atoms with van der Waals surface area (Å²) in [6.45, 7) is 4.78. The third-order valence-electron chi connectivity index (χ3n) is 3.32. The maximum Gasteiger partial charge on any atom is 0.315 e. The fraction of sp³-hybridized carbons (Fsp3) is 0.278. The van der Waals surface area contributed by atoms with Crippen LogP contribution in [-0.2, 0) is 0 Å². The fourth-order valence-corrected chi connectivity index (χ4v) is 2.27. The Balaban J connectivity index is 2.25. The molecule has 0 saturated carbocycles. The lowest BCUT2D eigenvalue weighted by molar-refractivity contribution is 0.238. The van der Waals surface area contributed by atoms with Crippen LogP contribution in [0.1, 0.15) is 36.1 Å². The van der Waals surface area contributed by atoms with Crippen LogP contribution in [0.25, 0.3) is 0 Å². The number of amides is 2. The molecule has 0 aliphatic carbocycles. The van der Waals surface area contributed by atoms with Crippen molar-refractivity contribution in [2.75, 3.05) is 6.54 Å². The molecule has 0 saturated heterocycles. The van der Waals surface area contributed by atoms with E-state index in [1.54, 1.807) is 0 Å². The van der Waals surface area contributed by atoms with E-state index in [1.165, 1.54) is 5.56 Å². The zero-order chi connectivity index (χ0) is 15.1. The highest BCUT2D eigenvalue weighted by atomic mass is 16.2. The van der Waals surface area contributed by atoms with Gasteiger partial charge in [-0.15, -0.1) is 0 Å². The van der Waals surface area contributed by atoms with Crippen molar-refractivity contribution in [1.29, 1.82) is 0 Å². The van der Waals surface area contributed by atoms with Gasteiger partial charge in [0.1, 0.15) is 0 Å². The van der Waals surface area contributed by atoms with Crippen LogP contribution in [-0.4, -0.2) is 12.6 Å². The highest BCUT2D eigenvalue weighted by molar-refractivity contribution is 5.75. The second kappa shape index (κ2) is 7.48. The van der Waals surface area contributed by atoms with Gasteiger partial charge in [0, 0.05) is 6.54 Å². The summed E-state index contributed by atoms with van der Waals surface area (Å²) < 4.78 is 0. The Morgan fingerprint density at radius 3 is 2.43 bits per heavy atom. The van der Waals surface area contributed by atoms with E-state index in [-0.39, 0.29) is 12.1 Å². The third-order valence-corrected chi connectivity index (χ3v) is 3.32. The Morgan fingerprint density at radius 2 is 1.76 bits per heavy atom. The molecule has 2 rings (SSSR count). The van der Waals surface area contributed by atoms with E-state index in [4.69, 9.17) is 0 Å². The van der Waals surface area contributed by atoms with Crippen LogP contribution in [0.2, 0.25) is 0 Å². The second-order valence-corrected chi connectivity index (χ2v) is 5.16. The van der Waals surface area contributed by atoms with Crippen molar-refractivity contribution >= 4 is 6.03 Å². The fourth-order valence-electron chi connectivity index (χ4n) is 2.27. The maximum atomic E-state index is 12.0. The number of nitrogens with one attached hydrogen (secondary N) is 2. The predicted molar refractivity (Wildman–Crippen MR) is 86.3 cm³/mol. The summed E-state index contributed by atoms with van der Waals surface area (Å²) in [6, 6.07) is 18.0. The van der Waals surface area contributed by atoms with Gasteiger partial charge in [0.15, 0.2) is 0 Å². The van der Waals surface area contributed by atoms with Gasteiger partial charge in [-0.05, 0) is 24.5 Å². The molecule has 0 radical (unpaired) electrons. The van der Waals surface area contributed by atoms with Gasteiger partial charge in [-0.1, -0.05) is 67.1 Å². The third kappa shape index (κ3) is 4.35. The van der Waals surface area contributed by atoms with Crippen molar-refractivity contribution in [3.8, 4) is 0 Å². The first-order valence-corrected chi connectivity index (χ1v) is 7.36. The molecule has 2 N–H and O–H groups in total. The summed E-state index contributed by atoms with van der Waals surface area (Å²) in [5.41, 5.74) is 3.35. The molecule has 0 bridgehead atoms. The van der Waals surface area contributed by atoms with Gasteiger partial charge in [-0.25, -0.2) is 4.79 Å². The van der Waals surface area contributed by atoms with Gasteiger partial charge < -0.3 is 10.6 Å². The maximum absolute atomic E-state index is 12.0. The summed E-state index contributed by atoms with van der Waals surface area (Å²) in [5.74, 6) is 0. The number of hydrogen-bond acceptors (Lipinski definition) is 1. The molecule has 2 aromatic rings. The Hall–Kier alpha value is -2.29. The molecule has 0 aliphatic rings. The van der Waals surface area contributed by atoms with Crippen molar-refractivity contribution in [1.82, 2.24) is 10.6 Å². The van der Waals surface area contributed by atoms with Crippen molar-refractivity contribution in [2.45, 2.75) is 26.3 Å². The molecule has 3 heteroatoms. The lowest BCUT2D eigenvalue weighted by Gasteiger charge is -2.20. The molecule has 3 nitrogen and oxygen atoms in total. The smallest absolute Gasteiger partial charge is 0.315 e. The first-order valence-electron chi connectivity index (χ1n) is 7.36.